The Morgan fingerprint density at radius 2 is 2.58 bits per heavy atom. The van der Waals surface area contributed by atoms with Gasteiger partial charge < -0.3 is 14.8 Å². The van der Waals surface area contributed by atoms with Crippen LogP contribution in [0.4, 0.5) is 0 Å². The summed E-state index contributed by atoms with van der Waals surface area (Å²) in [5, 5.41) is 4.21. The highest BCUT2D eigenvalue weighted by Crippen LogP contribution is 2.17. The molecule has 19 heavy (non-hydrogen) atoms. The molecular weight excluding hydrogens is 264 g/mol. The average Bonchev–Trinajstić information content (AvgIpc) is 2.89. The number of morpholine rings is 1. The minimum atomic E-state index is -0.304. The number of carbonyl (C=O) groups excluding carboxylic acids is 1. The molecule has 0 amide bonds. The van der Waals surface area contributed by atoms with Crippen molar-refractivity contribution < 1.29 is 14.3 Å². The number of thiazole rings is 1. The smallest absolute Gasteiger partial charge is 0.350 e. The Bertz CT molecular complexity index is 416. The van der Waals surface area contributed by atoms with Crippen molar-refractivity contribution in [3.05, 3.63) is 16.1 Å². The van der Waals surface area contributed by atoms with Crippen LogP contribution in [0, 0.1) is 0 Å². The lowest BCUT2D eigenvalue weighted by Gasteiger charge is -2.28. The van der Waals surface area contributed by atoms with Crippen molar-refractivity contribution in [2.24, 2.45) is 0 Å². The molecule has 0 aromatic carbocycles. The van der Waals surface area contributed by atoms with Crippen LogP contribution in [0.15, 0.2) is 6.20 Å². The summed E-state index contributed by atoms with van der Waals surface area (Å²) in [4.78, 5) is 16.8. The Morgan fingerprint density at radius 1 is 1.74 bits per heavy atom. The predicted octanol–water partition coefficient (Wildman–Crippen LogP) is 1.63. The van der Waals surface area contributed by atoms with Crippen LogP contribution >= 0.6 is 11.3 Å². The second-order valence-corrected chi connectivity index (χ2v) is 5.71. The zero-order valence-electron chi connectivity index (χ0n) is 11.3. The lowest BCUT2D eigenvalue weighted by Crippen LogP contribution is -2.45. The van der Waals surface area contributed by atoms with Crippen LogP contribution in [0.1, 0.15) is 34.9 Å². The second kappa shape index (κ2) is 6.98. The SMILES string of the molecule is CCCc1ncc(C(=O)OC(C)C2CNCCO2)s1. The van der Waals surface area contributed by atoms with Crippen LogP contribution < -0.4 is 5.32 Å². The molecule has 1 aliphatic heterocycles. The van der Waals surface area contributed by atoms with Crippen molar-refractivity contribution in [2.45, 2.75) is 38.9 Å². The summed E-state index contributed by atoms with van der Waals surface area (Å²) in [6, 6.07) is 0. The van der Waals surface area contributed by atoms with Crippen molar-refractivity contribution in [3.8, 4) is 0 Å². The molecule has 1 fully saturated rings. The van der Waals surface area contributed by atoms with E-state index in [1.165, 1.54) is 11.3 Å². The van der Waals surface area contributed by atoms with Crippen molar-refractivity contribution in [2.75, 3.05) is 19.7 Å². The zero-order chi connectivity index (χ0) is 13.7. The predicted molar refractivity (Wildman–Crippen MR) is 73.6 cm³/mol. The minimum Gasteiger partial charge on any atom is -0.456 e. The van der Waals surface area contributed by atoms with Gasteiger partial charge in [-0.2, -0.15) is 0 Å². The van der Waals surface area contributed by atoms with Crippen LogP contribution in [0.5, 0.6) is 0 Å². The first-order valence-electron chi connectivity index (χ1n) is 6.68. The number of ether oxygens (including phenoxy) is 2. The summed E-state index contributed by atoms with van der Waals surface area (Å²) in [7, 11) is 0. The molecule has 1 aliphatic rings. The largest absolute Gasteiger partial charge is 0.456 e. The molecule has 5 nitrogen and oxygen atoms in total. The molecule has 0 saturated carbocycles. The van der Waals surface area contributed by atoms with Crippen LogP contribution in [0.25, 0.3) is 0 Å². The van der Waals surface area contributed by atoms with Crippen LogP contribution in [-0.4, -0.2) is 42.9 Å². The molecule has 0 bridgehead atoms. The van der Waals surface area contributed by atoms with E-state index in [0.717, 1.165) is 30.9 Å². The highest BCUT2D eigenvalue weighted by atomic mass is 32.1. The Kier molecular flexibility index (Phi) is 5.30. The fraction of sp³-hybridized carbons (Fsp3) is 0.692. The van der Waals surface area contributed by atoms with E-state index in [-0.39, 0.29) is 18.2 Å². The molecule has 1 aromatic rings. The summed E-state index contributed by atoms with van der Waals surface area (Å²) in [6.45, 7) is 6.19. The summed E-state index contributed by atoms with van der Waals surface area (Å²) >= 11 is 1.41. The Labute approximate surface area is 117 Å². The van der Waals surface area contributed by atoms with E-state index in [0.29, 0.717) is 11.5 Å². The number of hydrogen-bond acceptors (Lipinski definition) is 6. The van der Waals surface area contributed by atoms with Crippen LogP contribution in [0.2, 0.25) is 0 Å². The first kappa shape index (κ1) is 14.4. The molecule has 106 valence electrons. The van der Waals surface area contributed by atoms with Crippen LogP contribution in [-0.2, 0) is 15.9 Å². The summed E-state index contributed by atoms with van der Waals surface area (Å²) in [5.41, 5.74) is 0. The number of hydrogen-bond donors (Lipinski definition) is 1. The van der Waals surface area contributed by atoms with E-state index in [4.69, 9.17) is 9.47 Å². The number of aryl methyl sites for hydroxylation is 1. The lowest BCUT2D eigenvalue weighted by atomic mass is 10.2. The summed E-state index contributed by atoms with van der Waals surface area (Å²) in [5.74, 6) is -0.304. The highest BCUT2D eigenvalue weighted by molar-refractivity contribution is 7.13. The maximum Gasteiger partial charge on any atom is 0.350 e. The number of aromatic nitrogens is 1. The van der Waals surface area contributed by atoms with Crippen LogP contribution in [0.3, 0.4) is 0 Å². The Balaban J connectivity index is 1.88. The van der Waals surface area contributed by atoms with Crippen molar-refractivity contribution >= 4 is 17.3 Å². The van der Waals surface area contributed by atoms with Gasteiger partial charge in [-0.3, -0.25) is 0 Å². The molecule has 2 atom stereocenters. The molecule has 2 unspecified atom stereocenters. The van der Waals surface area contributed by atoms with Gasteiger partial charge in [0.1, 0.15) is 17.1 Å². The Hall–Kier alpha value is -0.980. The maximum atomic E-state index is 12.0. The average molecular weight is 284 g/mol. The zero-order valence-corrected chi connectivity index (χ0v) is 12.2. The molecule has 1 saturated heterocycles. The molecular formula is C13H20N2O3S. The van der Waals surface area contributed by atoms with E-state index in [1.54, 1.807) is 6.20 Å². The number of nitrogens with one attached hydrogen (secondary N) is 1. The molecule has 0 aliphatic carbocycles. The third-order valence-electron chi connectivity index (χ3n) is 2.99. The second-order valence-electron chi connectivity index (χ2n) is 4.59. The van der Waals surface area contributed by atoms with E-state index < -0.39 is 0 Å². The topological polar surface area (TPSA) is 60.5 Å². The highest BCUT2D eigenvalue weighted by Gasteiger charge is 2.25. The molecule has 6 heteroatoms. The van der Waals surface area contributed by atoms with Gasteiger partial charge in [-0.05, 0) is 19.8 Å². The monoisotopic (exact) mass is 284 g/mol. The van der Waals surface area contributed by atoms with Gasteiger partial charge in [0, 0.05) is 13.1 Å². The number of nitrogens with zero attached hydrogens (tertiary/aromatic N) is 1. The minimum absolute atomic E-state index is 0.0688. The standard InChI is InChI=1S/C13H20N2O3S/c1-3-4-12-15-8-11(19-12)13(16)18-9(2)10-7-14-5-6-17-10/h8-10,14H,3-7H2,1-2H3. The van der Waals surface area contributed by atoms with E-state index in [1.807, 2.05) is 6.92 Å². The van der Waals surface area contributed by atoms with Gasteiger partial charge in [0.2, 0.25) is 0 Å². The lowest BCUT2D eigenvalue weighted by molar-refractivity contribution is -0.0573. The fourth-order valence-electron chi connectivity index (χ4n) is 1.92. The third-order valence-corrected chi connectivity index (χ3v) is 4.03. The molecule has 2 rings (SSSR count). The van der Waals surface area contributed by atoms with Crippen molar-refractivity contribution in [1.82, 2.24) is 10.3 Å². The van der Waals surface area contributed by atoms with Gasteiger partial charge >= 0.3 is 5.97 Å². The van der Waals surface area contributed by atoms with Crippen molar-refractivity contribution in [3.63, 3.8) is 0 Å². The van der Waals surface area contributed by atoms with Gasteiger partial charge in [0.15, 0.2) is 0 Å². The first-order valence-corrected chi connectivity index (χ1v) is 7.50. The van der Waals surface area contributed by atoms with E-state index in [9.17, 15) is 4.79 Å². The summed E-state index contributed by atoms with van der Waals surface area (Å²) in [6.07, 6.45) is 3.21. The van der Waals surface area contributed by atoms with Gasteiger partial charge in [0.05, 0.1) is 17.8 Å². The number of rotatable bonds is 5. The van der Waals surface area contributed by atoms with E-state index >= 15 is 0 Å². The normalized spacial score (nSPS) is 21.1. The summed E-state index contributed by atoms with van der Waals surface area (Å²) < 4.78 is 11.0. The Morgan fingerprint density at radius 3 is 3.26 bits per heavy atom. The maximum absolute atomic E-state index is 12.0. The third kappa shape index (κ3) is 3.99. The molecule has 1 aromatic heterocycles. The number of carbonyl (C=O) groups is 1. The van der Waals surface area contributed by atoms with Crippen molar-refractivity contribution in [1.29, 1.82) is 0 Å². The van der Waals surface area contributed by atoms with Gasteiger partial charge in [-0.25, -0.2) is 9.78 Å². The van der Waals surface area contributed by atoms with Gasteiger partial charge in [0.25, 0.3) is 0 Å². The quantitative estimate of drug-likeness (QED) is 0.833. The van der Waals surface area contributed by atoms with E-state index in [2.05, 4.69) is 17.2 Å². The number of esters is 1. The first-order chi connectivity index (χ1) is 9.20. The fourth-order valence-corrected chi connectivity index (χ4v) is 2.83. The molecule has 1 N–H and O–H groups in total. The van der Waals surface area contributed by atoms with Gasteiger partial charge in [-0.1, -0.05) is 6.92 Å². The molecule has 0 radical (unpaired) electrons. The van der Waals surface area contributed by atoms with Gasteiger partial charge in [-0.15, -0.1) is 11.3 Å². The molecule has 2 heterocycles. The molecule has 0 spiro atoms.